The van der Waals surface area contributed by atoms with E-state index in [1.807, 2.05) is 29.3 Å². The van der Waals surface area contributed by atoms with Crippen LogP contribution in [0, 0.1) is 0 Å². The molecule has 0 aliphatic carbocycles. The van der Waals surface area contributed by atoms with Crippen molar-refractivity contribution in [3.8, 4) is 0 Å². The summed E-state index contributed by atoms with van der Waals surface area (Å²) < 4.78 is 0. The van der Waals surface area contributed by atoms with Crippen molar-refractivity contribution in [3.05, 3.63) is 71.8 Å². The minimum atomic E-state index is 0.607. The van der Waals surface area contributed by atoms with Gasteiger partial charge in [-0.1, -0.05) is 60.3 Å². The molecule has 0 saturated carbocycles. The van der Waals surface area contributed by atoms with E-state index >= 15 is 0 Å². The van der Waals surface area contributed by atoms with E-state index in [0.717, 1.165) is 24.1 Å². The fourth-order valence-electron chi connectivity index (χ4n) is 2.36. The molecule has 0 radical (unpaired) electrons. The summed E-state index contributed by atoms with van der Waals surface area (Å²) in [5.74, 6) is 0. The fourth-order valence-corrected chi connectivity index (χ4v) is 2.36. The molecule has 2 aromatic rings. The molecule has 0 atom stereocenters. The van der Waals surface area contributed by atoms with Gasteiger partial charge in [0.2, 0.25) is 0 Å². The number of hydrogen-bond donors (Lipinski definition) is 0. The highest BCUT2D eigenvalue weighted by Crippen LogP contribution is 2.27. The zero-order valence-corrected chi connectivity index (χ0v) is 11.4. The maximum atomic E-state index is 4.34. The van der Waals surface area contributed by atoms with Crippen LogP contribution in [0.15, 0.2) is 65.4 Å². The number of para-hydroxylation sites is 1. The Kier molecular flexibility index (Phi) is 3.59. The molecule has 0 bridgehead atoms. The molecule has 0 fully saturated rings. The van der Waals surface area contributed by atoms with Crippen LogP contribution in [0.1, 0.15) is 16.7 Å². The molecule has 100 valence electrons. The summed E-state index contributed by atoms with van der Waals surface area (Å²) in [5, 5.41) is 10.6. The quantitative estimate of drug-likeness (QED) is 0.757. The number of benzene rings is 2. The van der Waals surface area contributed by atoms with Crippen molar-refractivity contribution in [3.63, 3.8) is 0 Å². The minimum absolute atomic E-state index is 0.607. The lowest BCUT2D eigenvalue weighted by Crippen LogP contribution is -2.11. The third-order valence-electron chi connectivity index (χ3n) is 3.50. The topological polar surface area (TPSA) is 28.0 Å². The molecular weight excluding hydrogens is 246 g/mol. The molecule has 1 aliphatic rings. The first-order chi connectivity index (χ1) is 9.86. The number of hydrogen-bond acceptors (Lipinski definition) is 2. The van der Waals surface area contributed by atoms with Crippen LogP contribution >= 0.6 is 0 Å². The molecule has 3 nitrogen and oxygen atoms in total. The first-order valence-electron chi connectivity index (χ1n) is 6.81. The number of anilines is 1. The van der Waals surface area contributed by atoms with E-state index in [2.05, 4.69) is 47.2 Å². The van der Waals surface area contributed by atoms with Crippen molar-refractivity contribution in [1.29, 1.82) is 0 Å². The maximum absolute atomic E-state index is 4.34. The van der Waals surface area contributed by atoms with Gasteiger partial charge in [-0.3, -0.25) is 0 Å². The van der Waals surface area contributed by atoms with Crippen molar-refractivity contribution in [2.75, 3.05) is 11.6 Å². The monoisotopic (exact) mass is 263 g/mol. The van der Waals surface area contributed by atoms with Crippen LogP contribution in [0.5, 0.6) is 0 Å². The second kappa shape index (κ2) is 5.70. The summed E-state index contributed by atoms with van der Waals surface area (Å²) in [5.41, 5.74) is 4.81. The van der Waals surface area contributed by atoms with E-state index in [-0.39, 0.29) is 0 Å². The summed E-state index contributed by atoms with van der Waals surface area (Å²) in [4.78, 5) is 0. The summed E-state index contributed by atoms with van der Waals surface area (Å²) in [6, 6.07) is 16.6. The molecule has 0 saturated heterocycles. The van der Waals surface area contributed by atoms with Crippen LogP contribution in [0.3, 0.4) is 0 Å². The Hall–Kier alpha value is -2.42. The average molecular weight is 263 g/mol. The zero-order valence-electron chi connectivity index (χ0n) is 11.4. The average Bonchev–Trinajstić information content (AvgIpc) is 2.92. The Morgan fingerprint density at radius 2 is 1.90 bits per heavy atom. The Morgan fingerprint density at radius 3 is 2.70 bits per heavy atom. The van der Waals surface area contributed by atoms with E-state index in [9.17, 15) is 0 Å². The van der Waals surface area contributed by atoms with Crippen LogP contribution in [0.25, 0.3) is 6.08 Å². The zero-order chi connectivity index (χ0) is 13.8. The van der Waals surface area contributed by atoms with Crippen LogP contribution in [-0.2, 0) is 13.0 Å². The summed E-state index contributed by atoms with van der Waals surface area (Å²) in [6.45, 7) is 5.27. The van der Waals surface area contributed by atoms with Gasteiger partial charge in [-0.2, -0.15) is 5.11 Å². The van der Waals surface area contributed by atoms with E-state index < -0.39 is 0 Å². The second-order valence-electron chi connectivity index (χ2n) is 4.84. The minimum Gasteiger partial charge on any atom is -0.247 e. The van der Waals surface area contributed by atoms with Gasteiger partial charge in [0.15, 0.2) is 0 Å². The molecule has 0 N–H and O–H groups in total. The SMILES string of the molecule is C=Cc1ccc(CN=NN2CCc3ccccc32)cc1. The van der Waals surface area contributed by atoms with Crippen molar-refractivity contribution < 1.29 is 0 Å². The molecule has 20 heavy (non-hydrogen) atoms. The normalized spacial score (nSPS) is 13.7. The summed E-state index contributed by atoms with van der Waals surface area (Å²) >= 11 is 0. The van der Waals surface area contributed by atoms with Crippen molar-refractivity contribution >= 4 is 11.8 Å². The maximum Gasteiger partial charge on any atom is 0.0870 e. The van der Waals surface area contributed by atoms with Crippen molar-refractivity contribution in [2.45, 2.75) is 13.0 Å². The van der Waals surface area contributed by atoms with Gasteiger partial charge in [0.05, 0.1) is 12.2 Å². The number of nitrogens with zero attached hydrogens (tertiary/aromatic N) is 3. The van der Waals surface area contributed by atoms with Gasteiger partial charge in [0, 0.05) is 6.54 Å². The van der Waals surface area contributed by atoms with Crippen molar-refractivity contribution in [1.82, 2.24) is 0 Å². The standard InChI is InChI=1S/C17H17N3/c1-2-14-7-9-15(10-8-14)13-18-19-20-12-11-16-5-3-4-6-17(16)20/h2-10H,1,11-13H2. The van der Waals surface area contributed by atoms with Crippen LogP contribution in [0.2, 0.25) is 0 Å². The van der Waals surface area contributed by atoms with Gasteiger partial charge in [-0.05, 0) is 29.2 Å². The van der Waals surface area contributed by atoms with Gasteiger partial charge in [0.25, 0.3) is 0 Å². The lowest BCUT2D eigenvalue weighted by atomic mass is 10.1. The molecule has 0 spiro atoms. The third-order valence-corrected chi connectivity index (χ3v) is 3.50. The van der Waals surface area contributed by atoms with E-state index in [1.165, 1.54) is 11.3 Å². The molecule has 0 aromatic heterocycles. The van der Waals surface area contributed by atoms with Gasteiger partial charge >= 0.3 is 0 Å². The summed E-state index contributed by atoms with van der Waals surface area (Å²) in [6.07, 6.45) is 2.88. The van der Waals surface area contributed by atoms with Crippen molar-refractivity contribution in [2.24, 2.45) is 10.3 Å². The van der Waals surface area contributed by atoms with Gasteiger partial charge in [-0.15, -0.1) is 0 Å². The lowest BCUT2D eigenvalue weighted by Gasteiger charge is -2.10. The predicted molar refractivity (Wildman–Crippen MR) is 82.6 cm³/mol. The molecule has 2 aromatic carbocycles. The van der Waals surface area contributed by atoms with Crippen LogP contribution in [0.4, 0.5) is 5.69 Å². The smallest absolute Gasteiger partial charge is 0.0870 e. The van der Waals surface area contributed by atoms with E-state index in [1.54, 1.807) is 0 Å². The summed E-state index contributed by atoms with van der Waals surface area (Å²) in [7, 11) is 0. The molecule has 0 unspecified atom stereocenters. The van der Waals surface area contributed by atoms with Gasteiger partial charge in [-0.25, -0.2) is 5.01 Å². The van der Waals surface area contributed by atoms with E-state index in [4.69, 9.17) is 0 Å². The van der Waals surface area contributed by atoms with Crippen LogP contribution in [-0.4, -0.2) is 6.54 Å². The molecule has 3 rings (SSSR count). The Balaban J connectivity index is 1.65. The molecular formula is C17H17N3. The number of rotatable bonds is 4. The van der Waals surface area contributed by atoms with E-state index in [0.29, 0.717) is 6.54 Å². The van der Waals surface area contributed by atoms with Gasteiger partial charge < -0.3 is 0 Å². The van der Waals surface area contributed by atoms with Crippen LogP contribution < -0.4 is 5.01 Å². The number of fused-ring (bicyclic) bond motifs is 1. The molecule has 3 heteroatoms. The first-order valence-corrected chi connectivity index (χ1v) is 6.81. The first kappa shape index (κ1) is 12.6. The molecule has 1 heterocycles. The highest BCUT2D eigenvalue weighted by molar-refractivity contribution is 5.56. The Morgan fingerprint density at radius 1 is 1.10 bits per heavy atom. The van der Waals surface area contributed by atoms with Gasteiger partial charge in [0.1, 0.15) is 0 Å². The fraction of sp³-hybridized carbons (Fsp3) is 0.176. The third kappa shape index (κ3) is 2.62. The largest absolute Gasteiger partial charge is 0.247 e. The Labute approximate surface area is 119 Å². The second-order valence-corrected chi connectivity index (χ2v) is 4.84. The highest BCUT2D eigenvalue weighted by Gasteiger charge is 2.17. The predicted octanol–water partition coefficient (Wildman–Crippen LogP) is 4.26. The Bertz CT molecular complexity index is 629. The lowest BCUT2D eigenvalue weighted by molar-refractivity contribution is 0.786. The molecule has 1 aliphatic heterocycles. The molecule has 0 amide bonds. The highest BCUT2D eigenvalue weighted by atomic mass is 15.5.